The van der Waals surface area contributed by atoms with E-state index < -0.39 is 0 Å². The number of para-hydroxylation sites is 1. The number of amides is 1. The number of carbonyl (C=O) groups excluding carboxylic acids is 1. The standard InChI is InChI=1S/C23H23ClN2O2/c1-14-12-26(13-15(2)28-14)23(27)21-16(3)22(17-7-6-8-18(24)11-17)25-20-10-5-4-9-19(20)21/h4-11,14-15H,12-13H2,1-3H3/t14-,15-/m1/s1. The molecule has 28 heavy (non-hydrogen) atoms. The van der Waals surface area contributed by atoms with E-state index in [4.69, 9.17) is 21.3 Å². The highest BCUT2D eigenvalue weighted by Crippen LogP contribution is 2.32. The molecule has 2 atom stereocenters. The minimum atomic E-state index is 0.0218. The fraction of sp³-hybridized carbons (Fsp3) is 0.304. The Bertz CT molecular complexity index is 1040. The smallest absolute Gasteiger partial charge is 0.255 e. The zero-order chi connectivity index (χ0) is 19.8. The number of rotatable bonds is 2. The Balaban J connectivity index is 1.89. The lowest BCUT2D eigenvalue weighted by Gasteiger charge is -2.36. The summed E-state index contributed by atoms with van der Waals surface area (Å²) in [4.78, 5) is 20.3. The molecule has 0 aliphatic carbocycles. The second-order valence-corrected chi connectivity index (χ2v) is 7.89. The van der Waals surface area contributed by atoms with Gasteiger partial charge in [-0.3, -0.25) is 4.79 Å². The van der Waals surface area contributed by atoms with Crippen LogP contribution in [0.3, 0.4) is 0 Å². The van der Waals surface area contributed by atoms with Crippen LogP contribution < -0.4 is 0 Å². The summed E-state index contributed by atoms with van der Waals surface area (Å²) in [5.74, 6) is 0.0291. The minimum Gasteiger partial charge on any atom is -0.372 e. The third-order valence-electron chi connectivity index (χ3n) is 5.15. The Labute approximate surface area is 170 Å². The van der Waals surface area contributed by atoms with Crippen LogP contribution in [0.4, 0.5) is 0 Å². The van der Waals surface area contributed by atoms with Crippen LogP contribution in [0.5, 0.6) is 0 Å². The van der Waals surface area contributed by atoms with Gasteiger partial charge in [-0.1, -0.05) is 41.9 Å². The van der Waals surface area contributed by atoms with Gasteiger partial charge < -0.3 is 9.64 Å². The molecule has 0 bridgehead atoms. The first kappa shape index (κ1) is 18.9. The summed E-state index contributed by atoms with van der Waals surface area (Å²) < 4.78 is 5.81. The van der Waals surface area contributed by atoms with Gasteiger partial charge in [0.15, 0.2) is 0 Å². The van der Waals surface area contributed by atoms with Crippen molar-refractivity contribution in [1.82, 2.24) is 9.88 Å². The van der Waals surface area contributed by atoms with Crippen LogP contribution in [0.25, 0.3) is 22.2 Å². The molecule has 2 heterocycles. The number of hydrogen-bond acceptors (Lipinski definition) is 3. The van der Waals surface area contributed by atoms with E-state index in [9.17, 15) is 4.79 Å². The van der Waals surface area contributed by atoms with Gasteiger partial charge in [-0.25, -0.2) is 4.98 Å². The number of nitrogens with zero attached hydrogens (tertiary/aromatic N) is 2. The molecule has 0 saturated carbocycles. The second kappa shape index (κ2) is 7.53. The zero-order valence-electron chi connectivity index (χ0n) is 16.3. The molecule has 1 aliphatic rings. The van der Waals surface area contributed by atoms with Gasteiger partial charge in [-0.05, 0) is 44.5 Å². The summed E-state index contributed by atoms with van der Waals surface area (Å²) in [6.45, 7) is 7.16. The molecular weight excluding hydrogens is 372 g/mol. The van der Waals surface area contributed by atoms with E-state index in [2.05, 4.69) is 0 Å². The maximum atomic E-state index is 13.6. The fourth-order valence-corrected chi connectivity index (χ4v) is 4.19. The molecule has 2 aromatic carbocycles. The maximum Gasteiger partial charge on any atom is 0.255 e. The van der Waals surface area contributed by atoms with Crippen molar-refractivity contribution in [3.8, 4) is 11.3 Å². The van der Waals surface area contributed by atoms with Crippen LogP contribution in [0, 0.1) is 6.92 Å². The fourth-order valence-electron chi connectivity index (χ4n) is 4.00. The van der Waals surface area contributed by atoms with Crippen LogP contribution in [0.1, 0.15) is 29.8 Å². The van der Waals surface area contributed by atoms with Crippen molar-refractivity contribution < 1.29 is 9.53 Å². The number of hydrogen-bond donors (Lipinski definition) is 0. The number of morpholine rings is 1. The van der Waals surface area contributed by atoms with Crippen LogP contribution in [0.2, 0.25) is 5.02 Å². The molecule has 144 valence electrons. The largest absolute Gasteiger partial charge is 0.372 e. The van der Waals surface area contributed by atoms with E-state index in [0.29, 0.717) is 23.7 Å². The first-order valence-corrected chi connectivity index (χ1v) is 9.92. The Morgan fingerprint density at radius 2 is 1.82 bits per heavy atom. The quantitative estimate of drug-likeness (QED) is 0.606. The Morgan fingerprint density at radius 3 is 2.54 bits per heavy atom. The first-order chi connectivity index (χ1) is 13.4. The van der Waals surface area contributed by atoms with Gasteiger partial charge in [0, 0.05) is 29.1 Å². The van der Waals surface area contributed by atoms with E-state index in [1.807, 2.05) is 74.2 Å². The van der Waals surface area contributed by atoms with Crippen molar-refractivity contribution in [3.05, 3.63) is 64.7 Å². The van der Waals surface area contributed by atoms with Crippen molar-refractivity contribution in [2.24, 2.45) is 0 Å². The molecule has 3 aromatic rings. The molecule has 0 unspecified atom stereocenters. The van der Waals surface area contributed by atoms with Gasteiger partial charge in [0.2, 0.25) is 0 Å². The average molecular weight is 395 g/mol. The number of carbonyl (C=O) groups is 1. The van der Waals surface area contributed by atoms with Crippen molar-refractivity contribution in [3.63, 3.8) is 0 Å². The monoisotopic (exact) mass is 394 g/mol. The van der Waals surface area contributed by atoms with Crippen LogP contribution in [-0.4, -0.2) is 41.1 Å². The molecule has 1 aliphatic heterocycles. The van der Waals surface area contributed by atoms with E-state index >= 15 is 0 Å². The Kier molecular flexibility index (Phi) is 5.09. The highest BCUT2D eigenvalue weighted by atomic mass is 35.5. The van der Waals surface area contributed by atoms with Crippen molar-refractivity contribution in [2.45, 2.75) is 33.0 Å². The van der Waals surface area contributed by atoms with Crippen molar-refractivity contribution >= 4 is 28.4 Å². The molecule has 4 rings (SSSR count). The van der Waals surface area contributed by atoms with E-state index in [-0.39, 0.29) is 18.1 Å². The highest BCUT2D eigenvalue weighted by molar-refractivity contribution is 6.30. The van der Waals surface area contributed by atoms with Gasteiger partial charge in [-0.2, -0.15) is 0 Å². The second-order valence-electron chi connectivity index (χ2n) is 7.46. The molecule has 1 aromatic heterocycles. The summed E-state index contributed by atoms with van der Waals surface area (Å²) in [7, 11) is 0. The molecule has 5 heteroatoms. The van der Waals surface area contributed by atoms with Gasteiger partial charge in [0.1, 0.15) is 0 Å². The number of fused-ring (bicyclic) bond motifs is 1. The van der Waals surface area contributed by atoms with Crippen molar-refractivity contribution in [2.75, 3.05) is 13.1 Å². The predicted octanol–water partition coefficient (Wildman–Crippen LogP) is 5.11. The summed E-state index contributed by atoms with van der Waals surface area (Å²) in [5, 5.41) is 1.53. The number of aromatic nitrogens is 1. The molecule has 1 saturated heterocycles. The lowest BCUT2D eigenvalue weighted by Crippen LogP contribution is -2.48. The number of halogens is 1. The summed E-state index contributed by atoms with van der Waals surface area (Å²) in [6.07, 6.45) is 0.0435. The van der Waals surface area contributed by atoms with Gasteiger partial charge in [0.05, 0.1) is 29.0 Å². The highest BCUT2D eigenvalue weighted by Gasteiger charge is 2.29. The normalized spacial score (nSPS) is 19.8. The zero-order valence-corrected chi connectivity index (χ0v) is 17.0. The van der Waals surface area contributed by atoms with E-state index in [0.717, 1.165) is 27.7 Å². The molecule has 0 spiro atoms. The third-order valence-corrected chi connectivity index (χ3v) is 5.39. The SMILES string of the molecule is Cc1c(-c2cccc(Cl)c2)nc2ccccc2c1C(=O)N1C[C@@H](C)O[C@H](C)C1. The third kappa shape index (κ3) is 3.50. The summed E-state index contributed by atoms with van der Waals surface area (Å²) >= 11 is 6.20. The topological polar surface area (TPSA) is 42.4 Å². The number of benzene rings is 2. The van der Waals surface area contributed by atoms with Gasteiger partial charge >= 0.3 is 0 Å². The lowest BCUT2D eigenvalue weighted by atomic mass is 9.96. The van der Waals surface area contributed by atoms with Crippen LogP contribution >= 0.6 is 11.6 Å². The average Bonchev–Trinajstić information content (AvgIpc) is 2.66. The maximum absolute atomic E-state index is 13.6. The predicted molar refractivity (Wildman–Crippen MR) is 113 cm³/mol. The Hall–Kier alpha value is -2.43. The van der Waals surface area contributed by atoms with Crippen molar-refractivity contribution in [1.29, 1.82) is 0 Å². The van der Waals surface area contributed by atoms with E-state index in [1.54, 1.807) is 0 Å². The molecule has 1 amide bonds. The van der Waals surface area contributed by atoms with Crippen LogP contribution in [0.15, 0.2) is 48.5 Å². The molecule has 1 fully saturated rings. The molecule has 0 radical (unpaired) electrons. The van der Waals surface area contributed by atoms with E-state index in [1.165, 1.54) is 0 Å². The van der Waals surface area contributed by atoms with Gasteiger partial charge in [-0.15, -0.1) is 0 Å². The summed E-state index contributed by atoms with van der Waals surface area (Å²) in [5.41, 5.74) is 4.09. The summed E-state index contributed by atoms with van der Waals surface area (Å²) in [6, 6.07) is 15.4. The molecule has 0 N–H and O–H groups in total. The lowest BCUT2D eigenvalue weighted by molar-refractivity contribution is -0.0585. The number of ether oxygens (including phenoxy) is 1. The molecular formula is C23H23ClN2O2. The molecule has 4 nitrogen and oxygen atoms in total. The Morgan fingerprint density at radius 1 is 1.11 bits per heavy atom. The van der Waals surface area contributed by atoms with Crippen LogP contribution in [-0.2, 0) is 4.74 Å². The first-order valence-electron chi connectivity index (χ1n) is 9.54. The minimum absolute atomic E-state index is 0.0218. The van der Waals surface area contributed by atoms with Gasteiger partial charge in [0.25, 0.3) is 5.91 Å². The number of pyridine rings is 1.